The highest BCUT2D eigenvalue weighted by Gasteiger charge is 2.08. The lowest BCUT2D eigenvalue weighted by Gasteiger charge is -2.08. The van der Waals surface area contributed by atoms with Gasteiger partial charge >= 0.3 is 5.97 Å². The van der Waals surface area contributed by atoms with E-state index in [2.05, 4.69) is 5.32 Å². The molecule has 0 unspecified atom stereocenters. The normalized spacial score (nSPS) is 10.5. The topological polar surface area (TPSA) is 75.6 Å². The Morgan fingerprint density at radius 3 is 2.61 bits per heavy atom. The molecule has 5 heteroatoms. The van der Waals surface area contributed by atoms with Crippen LogP contribution in [-0.2, 0) is 4.79 Å². The molecule has 118 valence electrons. The molecule has 0 spiro atoms. The molecule has 0 atom stereocenters. The van der Waals surface area contributed by atoms with E-state index in [4.69, 9.17) is 9.84 Å². The predicted molar refractivity (Wildman–Crippen MR) is 88.8 cm³/mol. The fraction of sp³-hybridized carbons (Fsp3) is 0.111. The maximum absolute atomic E-state index is 12.0. The lowest BCUT2D eigenvalue weighted by Crippen LogP contribution is -2.10. The number of hydrogen-bond acceptors (Lipinski definition) is 3. The molecule has 1 amide bonds. The van der Waals surface area contributed by atoms with Crippen molar-refractivity contribution >= 4 is 23.6 Å². The number of carbonyl (C=O) groups is 2. The van der Waals surface area contributed by atoms with Crippen molar-refractivity contribution in [2.24, 2.45) is 0 Å². The molecule has 0 heterocycles. The standard InChI is InChI=1S/C18H17NO4/c1-12-7-8-14(18(21)22)11-15(12)19-17(20)10-9-13-5-3-4-6-16(13)23-2/h3-11H,1-2H3,(H,19,20)(H,21,22)/b10-9+. The summed E-state index contributed by atoms with van der Waals surface area (Å²) in [4.78, 5) is 23.0. The van der Waals surface area contributed by atoms with Crippen LogP contribution in [0.15, 0.2) is 48.5 Å². The fourth-order valence-electron chi connectivity index (χ4n) is 2.03. The zero-order chi connectivity index (χ0) is 16.8. The summed E-state index contributed by atoms with van der Waals surface area (Å²) in [5, 5.41) is 11.7. The average molecular weight is 311 g/mol. The zero-order valence-corrected chi connectivity index (χ0v) is 12.9. The minimum absolute atomic E-state index is 0.125. The second-order valence-corrected chi connectivity index (χ2v) is 4.90. The number of aryl methyl sites for hydroxylation is 1. The first-order chi connectivity index (χ1) is 11.0. The summed E-state index contributed by atoms with van der Waals surface area (Å²) in [5.74, 6) is -0.716. The highest BCUT2D eigenvalue weighted by Crippen LogP contribution is 2.20. The third-order valence-corrected chi connectivity index (χ3v) is 3.30. The molecule has 0 aliphatic heterocycles. The molecule has 2 aromatic carbocycles. The Kier molecular flexibility index (Phi) is 5.15. The van der Waals surface area contributed by atoms with E-state index in [1.54, 1.807) is 32.2 Å². The van der Waals surface area contributed by atoms with E-state index in [0.717, 1.165) is 11.1 Å². The Balaban J connectivity index is 2.15. The number of ether oxygens (including phenoxy) is 1. The zero-order valence-electron chi connectivity index (χ0n) is 12.9. The van der Waals surface area contributed by atoms with Gasteiger partial charge in [0, 0.05) is 17.3 Å². The van der Waals surface area contributed by atoms with Crippen molar-refractivity contribution in [3.05, 3.63) is 65.2 Å². The average Bonchev–Trinajstić information content (AvgIpc) is 2.55. The van der Waals surface area contributed by atoms with E-state index in [1.807, 2.05) is 18.2 Å². The van der Waals surface area contributed by atoms with Crippen LogP contribution in [0.2, 0.25) is 0 Å². The molecule has 0 aliphatic rings. The van der Waals surface area contributed by atoms with Crippen LogP contribution in [0.4, 0.5) is 5.69 Å². The maximum Gasteiger partial charge on any atom is 0.335 e. The highest BCUT2D eigenvalue weighted by atomic mass is 16.5. The number of aromatic carboxylic acids is 1. The smallest absolute Gasteiger partial charge is 0.335 e. The van der Waals surface area contributed by atoms with Gasteiger partial charge in [-0.2, -0.15) is 0 Å². The molecule has 0 saturated carbocycles. The van der Waals surface area contributed by atoms with E-state index in [-0.39, 0.29) is 11.5 Å². The van der Waals surface area contributed by atoms with Gasteiger partial charge < -0.3 is 15.2 Å². The summed E-state index contributed by atoms with van der Waals surface area (Å²) in [6.45, 7) is 1.80. The summed E-state index contributed by atoms with van der Waals surface area (Å²) in [6.07, 6.45) is 3.02. The van der Waals surface area contributed by atoms with Crippen molar-refractivity contribution in [1.29, 1.82) is 0 Å². The van der Waals surface area contributed by atoms with Crippen LogP contribution in [0.25, 0.3) is 6.08 Å². The van der Waals surface area contributed by atoms with E-state index in [1.165, 1.54) is 18.2 Å². The van der Waals surface area contributed by atoms with Crippen molar-refractivity contribution in [2.75, 3.05) is 12.4 Å². The van der Waals surface area contributed by atoms with Crippen LogP contribution in [0.5, 0.6) is 5.75 Å². The molecule has 0 aliphatic carbocycles. The van der Waals surface area contributed by atoms with Gasteiger partial charge in [0.2, 0.25) is 5.91 Å². The summed E-state index contributed by atoms with van der Waals surface area (Å²) < 4.78 is 5.21. The second kappa shape index (κ2) is 7.26. The molecule has 2 aromatic rings. The van der Waals surface area contributed by atoms with Crippen molar-refractivity contribution in [3.63, 3.8) is 0 Å². The molecule has 0 radical (unpaired) electrons. The molecular formula is C18H17NO4. The predicted octanol–water partition coefficient (Wildman–Crippen LogP) is 3.35. The van der Waals surface area contributed by atoms with Crippen molar-refractivity contribution in [1.82, 2.24) is 0 Å². The van der Waals surface area contributed by atoms with Crippen LogP contribution in [0, 0.1) is 6.92 Å². The van der Waals surface area contributed by atoms with Gasteiger partial charge in [-0.05, 0) is 36.8 Å². The minimum atomic E-state index is -1.04. The van der Waals surface area contributed by atoms with Gasteiger partial charge in [-0.15, -0.1) is 0 Å². The molecule has 0 fully saturated rings. The Labute approximate surface area is 134 Å². The molecule has 2 rings (SSSR count). The first-order valence-corrected chi connectivity index (χ1v) is 6.97. The summed E-state index contributed by atoms with van der Waals surface area (Å²) in [7, 11) is 1.56. The Bertz CT molecular complexity index is 765. The van der Waals surface area contributed by atoms with Crippen LogP contribution < -0.4 is 10.1 Å². The Hall–Kier alpha value is -3.08. The van der Waals surface area contributed by atoms with Gasteiger partial charge in [0.1, 0.15) is 5.75 Å². The number of para-hydroxylation sites is 1. The Morgan fingerprint density at radius 2 is 1.91 bits per heavy atom. The van der Waals surface area contributed by atoms with Gasteiger partial charge in [-0.25, -0.2) is 4.79 Å². The van der Waals surface area contributed by atoms with Gasteiger partial charge in [0.25, 0.3) is 0 Å². The van der Waals surface area contributed by atoms with Crippen molar-refractivity contribution < 1.29 is 19.4 Å². The number of amides is 1. The van der Waals surface area contributed by atoms with E-state index in [0.29, 0.717) is 11.4 Å². The van der Waals surface area contributed by atoms with E-state index < -0.39 is 5.97 Å². The van der Waals surface area contributed by atoms with Crippen LogP contribution >= 0.6 is 0 Å². The summed E-state index contributed by atoms with van der Waals surface area (Å²) in [6, 6.07) is 11.9. The number of hydrogen-bond donors (Lipinski definition) is 2. The molecular weight excluding hydrogens is 294 g/mol. The van der Waals surface area contributed by atoms with Gasteiger partial charge in [-0.3, -0.25) is 4.79 Å². The number of rotatable bonds is 5. The minimum Gasteiger partial charge on any atom is -0.496 e. The van der Waals surface area contributed by atoms with Crippen LogP contribution in [-0.4, -0.2) is 24.1 Å². The number of carbonyl (C=O) groups excluding carboxylic acids is 1. The molecule has 0 saturated heterocycles. The lowest BCUT2D eigenvalue weighted by molar-refractivity contribution is -0.111. The number of anilines is 1. The van der Waals surface area contributed by atoms with E-state index >= 15 is 0 Å². The summed E-state index contributed by atoms with van der Waals surface area (Å²) >= 11 is 0. The lowest BCUT2D eigenvalue weighted by atomic mass is 10.1. The van der Waals surface area contributed by atoms with Crippen molar-refractivity contribution in [3.8, 4) is 5.75 Å². The number of nitrogens with one attached hydrogen (secondary N) is 1. The monoisotopic (exact) mass is 311 g/mol. The fourth-order valence-corrected chi connectivity index (χ4v) is 2.03. The molecule has 0 bridgehead atoms. The number of carboxylic acid groups (broad SMARTS) is 1. The third kappa shape index (κ3) is 4.20. The quantitative estimate of drug-likeness (QED) is 0.830. The molecule has 0 aromatic heterocycles. The largest absolute Gasteiger partial charge is 0.496 e. The van der Waals surface area contributed by atoms with E-state index in [9.17, 15) is 9.59 Å². The second-order valence-electron chi connectivity index (χ2n) is 4.90. The number of carboxylic acids is 1. The number of benzene rings is 2. The van der Waals surface area contributed by atoms with Crippen LogP contribution in [0.3, 0.4) is 0 Å². The first-order valence-electron chi connectivity index (χ1n) is 6.97. The van der Waals surface area contributed by atoms with Gasteiger partial charge in [0.15, 0.2) is 0 Å². The third-order valence-electron chi connectivity index (χ3n) is 3.30. The van der Waals surface area contributed by atoms with Crippen LogP contribution in [0.1, 0.15) is 21.5 Å². The maximum atomic E-state index is 12.0. The first kappa shape index (κ1) is 16.3. The number of methoxy groups -OCH3 is 1. The van der Waals surface area contributed by atoms with Gasteiger partial charge in [-0.1, -0.05) is 24.3 Å². The van der Waals surface area contributed by atoms with Gasteiger partial charge in [0.05, 0.1) is 12.7 Å². The summed E-state index contributed by atoms with van der Waals surface area (Å²) in [5.41, 5.74) is 2.16. The Morgan fingerprint density at radius 1 is 1.17 bits per heavy atom. The SMILES string of the molecule is COc1ccccc1/C=C/C(=O)Nc1cc(C(=O)O)ccc1C. The molecule has 2 N–H and O–H groups in total. The highest BCUT2D eigenvalue weighted by molar-refractivity contribution is 6.03. The molecule has 5 nitrogen and oxygen atoms in total. The van der Waals surface area contributed by atoms with Crippen molar-refractivity contribution in [2.45, 2.75) is 6.92 Å². The molecule has 23 heavy (non-hydrogen) atoms.